The molecule has 0 saturated carbocycles. The quantitative estimate of drug-likeness (QED) is 0.573. The number of hydrogen-bond donors (Lipinski definition) is 2. The number of fused-ring (bicyclic) bond motifs is 1. The highest BCUT2D eigenvalue weighted by Gasteiger charge is 2.13. The molecular weight excluding hydrogens is 310 g/mol. The van der Waals surface area contributed by atoms with Gasteiger partial charge in [0.1, 0.15) is 0 Å². The van der Waals surface area contributed by atoms with E-state index in [0.29, 0.717) is 6.54 Å². The maximum atomic E-state index is 10.8. The first-order valence-corrected chi connectivity index (χ1v) is 8.25. The number of aromatic nitrogens is 2. The fourth-order valence-electron chi connectivity index (χ4n) is 3.07. The smallest absolute Gasteiger partial charge is 0.205 e. The second-order valence-corrected chi connectivity index (χ2v) is 6.14. The summed E-state index contributed by atoms with van der Waals surface area (Å²) in [6.07, 6.45) is 5.53. The van der Waals surface area contributed by atoms with Crippen molar-refractivity contribution in [3.8, 4) is 11.6 Å². The first-order chi connectivity index (χ1) is 12.2. The van der Waals surface area contributed by atoms with Gasteiger partial charge in [-0.05, 0) is 48.4 Å². The molecule has 4 heteroatoms. The molecule has 4 nitrogen and oxygen atoms in total. The van der Waals surface area contributed by atoms with Crippen LogP contribution in [0.2, 0.25) is 0 Å². The van der Waals surface area contributed by atoms with E-state index in [1.165, 1.54) is 0 Å². The predicted molar refractivity (Wildman–Crippen MR) is 101 cm³/mol. The molecule has 2 heterocycles. The minimum absolute atomic E-state index is 0.249. The Morgan fingerprint density at radius 2 is 1.84 bits per heavy atom. The van der Waals surface area contributed by atoms with E-state index in [0.717, 1.165) is 33.3 Å². The van der Waals surface area contributed by atoms with Gasteiger partial charge >= 0.3 is 0 Å². The molecule has 0 radical (unpaired) electrons. The van der Waals surface area contributed by atoms with Crippen molar-refractivity contribution in [2.45, 2.75) is 13.5 Å². The molecule has 0 unspecified atom stereocenters. The van der Waals surface area contributed by atoms with Crippen molar-refractivity contribution in [2.75, 3.05) is 5.32 Å². The summed E-state index contributed by atoms with van der Waals surface area (Å²) in [5.74, 6) is 0.249. The van der Waals surface area contributed by atoms with Crippen LogP contribution in [0.15, 0.2) is 73.2 Å². The Bertz CT molecular complexity index is 1020. The molecule has 0 atom stereocenters. The second-order valence-electron chi connectivity index (χ2n) is 6.14. The van der Waals surface area contributed by atoms with Crippen molar-refractivity contribution in [3.05, 3.63) is 84.3 Å². The first-order valence-electron chi connectivity index (χ1n) is 8.25. The maximum Gasteiger partial charge on any atom is 0.205 e. The first kappa shape index (κ1) is 15.3. The maximum absolute atomic E-state index is 10.8. The van der Waals surface area contributed by atoms with Crippen LogP contribution in [0.1, 0.15) is 11.1 Å². The number of pyridine rings is 1. The molecule has 2 aromatic heterocycles. The summed E-state index contributed by atoms with van der Waals surface area (Å²) in [5, 5.41) is 16.1. The van der Waals surface area contributed by atoms with Crippen molar-refractivity contribution in [1.82, 2.24) is 9.55 Å². The van der Waals surface area contributed by atoms with Gasteiger partial charge in [-0.2, -0.15) is 0 Å². The average molecular weight is 329 g/mol. The lowest BCUT2D eigenvalue weighted by molar-refractivity contribution is 0.448. The Morgan fingerprint density at radius 3 is 2.64 bits per heavy atom. The lowest BCUT2D eigenvalue weighted by atomic mass is 10.1. The summed E-state index contributed by atoms with van der Waals surface area (Å²) in [4.78, 5) is 4.04. The summed E-state index contributed by atoms with van der Waals surface area (Å²) < 4.78 is 1.83. The van der Waals surface area contributed by atoms with E-state index in [-0.39, 0.29) is 5.88 Å². The number of aromatic hydroxyl groups is 1. The van der Waals surface area contributed by atoms with Gasteiger partial charge in [-0.15, -0.1) is 0 Å². The molecule has 2 aromatic carbocycles. The van der Waals surface area contributed by atoms with Gasteiger partial charge in [0.25, 0.3) is 0 Å². The molecule has 2 N–H and O–H groups in total. The molecule has 0 aliphatic carbocycles. The fourth-order valence-corrected chi connectivity index (χ4v) is 3.07. The van der Waals surface area contributed by atoms with Crippen LogP contribution in [0.5, 0.6) is 5.88 Å². The third-order valence-electron chi connectivity index (χ3n) is 4.33. The van der Waals surface area contributed by atoms with Crippen LogP contribution in [-0.2, 0) is 6.54 Å². The number of hydrogen-bond acceptors (Lipinski definition) is 3. The zero-order valence-electron chi connectivity index (χ0n) is 14.0. The van der Waals surface area contributed by atoms with Crippen LogP contribution < -0.4 is 5.32 Å². The van der Waals surface area contributed by atoms with Crippen LogP contribution in [0, 0.1) is 6.92 Å². The molecular formula is C21H19N3O. The average Bonchev–Trinajstić information content (AvgIpc) is 2.98. The van der Waals surface area contributed by atoms with Crippen LogP contribution in [0.3, 0.4) is 0 Å². The van der Waals surface area contributed by atoms with E-state index >= 15 is 0 Å². The molecule has 0 saturated heterocycles. The molecule has 0 aliphatic heterocycles. The standard InChI is InChI=1S/C21H19N3O/c1-15-4-2-6-18(12-15)24-14-17-5-3-7-19(20(17)21(24)25)23-13-16-8-10-22-11-9-16/h2-12,14,23,25H,13H2,1H3. The largest absolute Gasteiger partial charge is 0.494 e. The van der Waals surface area contributed by atoms with Gasteiger partial charge in [0, 0.05) is 41.9 Å². The molecule has 0 bridgehead atoms. The minimum Gasteiger partial charge on any atom is -0.494 e. The van der Waals surface area contributed by atoms with Crippen molar-refractivity contribution in [1.29, 1.82) is 0 Å². The number of nitrogens with zero attached hydrogens (tertiary/aromatic N) is 2. The van der Waals surface area contributed by atoms with Gasteiger partial charge in [-0.3, -0.25) is 9.55 Å². The number of nitrogens with one attached hydrogen (secondary N) is 1. The van der Waals surface area contributed by atoms with E-state index < -0.39 is 0 Å². The van der Waals surface area contributed by atoms with E-state index in [9.17, 15) is 5.11 Å². The Hall–Kier alpha value is -3.27. The Balaban J connectivity index is 1.74. The van der Waals surface area contributed by atoms with Gasteiger partial charge < -0.3 is 10.4 Å². The molecule has 124 valence electrons. The molecule has 0 aliphatic rings. The molecule has 0 spiro atoms. The lowest BCUT2D eigenvalue weighted by Gasteiger charge is -2.09. The van der Waals surface area contributed by atoms with Gasteiger partial charge in [0.15, 0.2) is 0 Å². The Morgan fingerprint density at radius 1 is 1.04 bits per heavy atom. The van der Waals surface area contributed by atoms with Gasteiger partial charge in [-0.25, -0.2) is 0 Å². The van der Waals surface area contributed by atoms with Crippen LogP contribution in [-0.4, -0.2) is 14.7 Å². The Labute approximate surface area is 146 Å². The zero-order chi connectivity index (χ0) is 17.2. The monoisotopic (exact) mass is 329 g/mol. The highest BCUT2D eigenvalue weighted by Crippen LogP contribution is 2.35. The van der Waals surface area contributed by atoms with Crippen LogP contribution in [0.4, 0.5) is 5.69 Å². The predicted octanol–water partition coefficient (Wildman–Crippen LogP) is 4.65. The third kappa shape index (κ3) is 2.94. The molecule has 25 heavy (non-hydrogen) atoms. The van der Waals surface area contributed by atoms with E-state index in [2.05, 4.69) is 16.4 Å². The number of aryl methyl sites for hydroxylation is 1. The third-order valence-corrected chi connectivity index (χ3v) is 4.33. The van der Waals surface area contributed by atoms with E-state index in [1.54, 1.807) is 12.4 Å². The number of rotatable bonds is 4. The fraction of sp³-hybridized carbons (Fsp3) is 0.0952. The second kappa shape index (κ2) is 6.32. The van der Waals surface area contributed by atoms with Gasteiger partial charge in [0.2, 0.25) is 5.88 Å². The summed E-state index contributed by atoms with van der Waals surface area (Å²) in [6.45, 7) is 2.72. The topological polar surface area (TPSA) is 50.1 Å². The highest BCUT2D eigenvalue weighted by atomic mass is 16.3. The summed E-state index contributed by atoms with van der Waals surface area (Å²) in [7, 11) is 0. The number of anilines is 1. The Kier molecular flexibility index (Phi) is 3.86. The highest BCUT2D eigenvalue weighted by molar-refractivity contribution is 5.99. The van der Waals surface area contributed by atoms with Crippen molar-refractivity contribution in [3.63, 3.8) is 0 Å². The molecule has 0 amide bonds. The molecule has 0 fully saturated rings. The molecule has 4 aromatic rings. The van der Waals surface area contributed by atoms with E-state index in [1.807, 2.05) is 66.2 Å². The summed E-state index contributed by atoms with van der Waals surface area (Å²) >= 11 is 0. The number of benzene rings is 2. The zero-order valence-corrected chi connectivity index (χ0v) is 14.0. The summed E-state index contributed by atoms with van der Waals surface area (Å²) in [5.41, 5.74) is 4.17. The summed E-state index contributed by atoms with van der Waals surface area (Å²) in [6, 6.07) is 18.1. The lowest BCUT2D eigenvalue weighted by Crippen LogP contribution is -1.99. The van der Waals surface area contributed by atoms with Gasteiger partial charge in [-0.1, -0.05) is 24.3 Å². The van der Waals surface area contributed by atoms with Crippen molar-refractivity contribution < 1.29 is 5.11 Å². The minimum atomic E-state index is 0.249. The SMILES string of the molecule is Cc1cccc(-n2cc3cccc(NCc4ccncc4)c3c2O)c1. The van der Waals surface area contributed by atoms with Crippen molar-refractivity contribution >= 4 is 16.5 Å². The van der Waals surface area contributed by atoms with E-state index in [4.69, 9.17) is 0 Å². The normalized spacial score (nSPS) is 10.9. The van der Waals surface area contributed by atoms with Gasteiger partial charge in [0.05, 0.1) is 5.39 Å². The van der Waals surface area contributed by atoms with Crippen molar-refractivity contribution in [2.24, 2.45) is 0 Å². The van der Waals surface area contributed by atoms with Crippen LogP contribution in [0.25, 0.3) is 16.5 Å². The molecule has 4 rings (SSSR count). The van der Waals surface area contributed by atoms with Crippen LogP contribution >= 0.6 is 0 Å².